The van der Waals surface area contributed by atoms with Crippen molar-refractivity contribution in [1.29, 1.82) is 0 Å². The number of halogens is 1. The van der Waals surface area contributed by atoms with E-state index in [0.717, 1.165) is 41.3 Å². The van der Waals surface area contributed by atoms with Gasteiger partial charge >= 0.3 is 0 Å². The molecular formula is C16H18FN3O. The minimum Gasteiger partial charge on any atom is -0.494 e. The molecule has 0 bridgehead atoms. The topological polar surface area (TPSA) is 47.0 Å². The molecule has 1 heterocycles. The average molecular weight is 287 g/mol. The van der Waals surface area contributed by atoms with Crippen LogP contribution >= 0.6 is 0 Å². The summed E-state index contributed by atoms with van der Waals surface area (Å²) in [5, 5.41) is 3.10. The standard InChI is InChI=1S/C16H18FN3O/c1-9-14(11-6-7-13(21-3)12(17)8-11)19-16(10-4-5-10)20-15(9)18-2/h6-8,10H,4-5H2,1-3H3,(H,18,19,20). The molecule has 0 amide bonds. The highest BCUT2D eigenvalue weighted by Crippen LogP contribution is 2.40. The lowest BCUT2D eigenvalue weighted by molar-refractivity contribution is 0.386. The van der Waals surface area contributed by atoms with Gasteiger partial charge in [-0.25, -0.2) is 14.4 Å². The van der Waals surface area contributed by atoms with Crippen LogP contribution in [0.25, 0.3) is 11.3 Å². The van der Waals surface area contributed by atoms with Crippen LogP contribution in [0.5, 0.6) is 5.75 Å². The van der Waals surface area contributed by atoms with Crippen molar-refractivity contribution in [3.63, 3.8) is 0 Å². The molecule has 0 atom stereocenters. The van der Waals surface area contributed by atoms with Gasteiger partial charge in [-0.2, -0.15) is 0 Å². The Morgan fingerprint density at radius 3 is 2.62 bits per heavy atom. The molecule has 1 aromatic carbocycles. The van der Waals surface area contributed by atoms with Crippen molar-refractivity contribution >= 4 is 5.82 Å². The number of nitrogens with one attached hydrogen (secondary N) is 1. The second-order valence-corrected chi connectivity index (χ2v) is 5.28. The predicted molar refractivity (Wildman–Crippen MR) is 80.2 cm³/mol. The van der Waals surface area contributed by atoms with Gasteiger partial charge in [-0.15, -0.1) is 0 Å². The largest absolute Gasteiger partial charge is 0.494 e. The fourth-order valence-corrected chi connectivity index (χ4v) is 2.40. The maximum atomic E-state index is 13.9. The summed E-state index contributed by atoms with van der Waals surface area (Å²) < 4.78 is 18.9. The number of methoxy groups -OCH3 is 1. The number of rotatable bonds is 4. The molecule has 110 valence electrons. The van der Waals surface area contributed by atoms with Crippen LogP contribution in [0, 0.1) is 12.7 Å². The smallest absolute Gasteiger partial charge is 0.165 e. The van der Waals surface area contributed by atoms with Gasteiger partial charge in [0.1, 0.15) is 11.6 Å². The van der Waals surface area contributed by atoms with E-state index in [1.807, 2.05) is 20.0 Å². The molecule has 1 fully saturated rings. The van der Waals surface area contributed by atoms with Crippen LogP contribution < -0.4 is 10.1 Å². The van der Waals surface area contributed by atoms with Gasteiger partial charge in [0, 0.05) is 24.1 Å². The van der Waals surface area contributed by atoms with E-state index in [4.69, 9.17) is 4.74 Å². The number of benzene rings is 1. The maximum absolute atomic E-state index is 13.9. The van der Waals surface area contributed by atoms with E-state index in [2.05, 4.69) is 15.3 Å². The number of hydrogen-bond acceptors (Lipinski definition) is 4. The molecule has 1 N–H and O–H groups in total. The van der Waals surface area contributed by atoms with Gasteiger partial charge in [0.15, 0.2) is 11.6 Å². The van der Waals surface area contributed by atoms with E-state index in [-0.39, 0.29) is 11.6 Å². The van der Waals surface area contributed by atoms with Crippen molar-refractivity contribution in [1.82, 2.24) is 9.97 Å². The van der Waals surface area contributed by atoms with Gasteiger partial charge in [0.05, 0.1) is 12.8 Å². The van der Waals surface area contributed by atoms with Gasteiger partial charge < -0.3 is 10.1 Å². The van der Waals surface area contributed by atoms with Crippen molar-refractivity contribution < 1.29 is 9.13 Å². The van der Waals surface area contributed by atoms with Gasteiger partial charge in [-0.1, -0.05) is 0 Å². The molecule has 1 aromatic heterocycles. The lowest BCUT2D eigenvalue weighted by Gasteiger charge is -2.13. The minimum absolute atomic E-state index is 0.238. The van der Waals surface area contributed by atoms with E-state index < -0.39 is 0 Å². The second kappa shape index (κ2) is 5.31. The summed E-state index contributed by atoms with van der Waals surface area (Å²) in [5.41, 5.74) is 2.44. The third kappa shape index (κ3) is 2.55. The fraction of sp³-hybridized carbons (Fsp3) is 0.375. The Morgan fingerprint density at radius 2 is 2.05 bits per heavy atom. The molecule has 3 rings (SSSR count). The zero-order valence-corrected chi connectivity index (χ0v) is 12.4. The minimum atomic E-state index is -0.382. The van der Waals surface area contributed by atoms with Crippen molar-refractivity contribution in [2.45, 2.75) is 25.7 Å². The van der Waals surface area contributed by atoms with Crippen LogP contribution in [0.1, 0.15) is 30.1 Å². The third-order valence-corrected chi connectivity index (χ3v) is 3.77. The lowest BCUT2D eigenvalue weighted by Crippen LogP contribution is -2.04. The zero-order valence-electron chi connectivity index (χ0n) is 12.4. The summed E-state index contributed by atoms with van der Waals surface area (Å²) >= 11 is 0. The fourth-order valence-electron chi connectivity index (χ4n) is 2.40. The molecule has 1 aliphatic carbocycles. The Balaban J connectivity index is 2.12. The van der Waals surface area contributed by atoms with E-state index in [1.54, 1.807) is 6.07 Å². The molecule has 0 unspecified atom stereocenters. The molecule has 0 saturated heterocycles. The molecule has 4 nitrogen and oxygen atoms in total. The molecule has 2 aromatic rings. The Kier molecular flexibility index (Phi) is 3.49. The SMILES string of the molecule is CNc1nc(C2CC2)nc(-c2ccc(OC)c(F)c2)c1C. The molecule has 0 aliphatic heterocycles. The van der Waals surface area contributed by atoms with Gasteiger partial charge in [-0.3, -0.25) is 0 Å². The normalized spacial score (nSPS) is 14.1. The highest BCUT2D eigenvalue weighted by Gasteiger charge is 2.28. The Labute approximate surface area is 123 Å². The van der Waals surface area contributed by atoms with Crippen molar-refractivity contribution in [2.24, 2.45) is 0 Å². The molecule has 21 heavy (non-hydrogen) atoms. The summed E-state index contributed by atoms with van der Waals surface area (Å²) in [6, 6.07) is 4.92. The monoisotopic (exact) mass is 287 g/mol. The van der Waals surface area contributed by atoms with Gasteiger partial charge in [0.2, 0.25) is 0 Å². The van der Waals surface area contributed by atoms with E-state index >= 15 is 0 Å². The highest BCUT2D eigenvalue weighted by atomic mass is 19.1. The first-order chi connectivity index (χ1) is 10.1. The summed E-state index contributed by atoms with van der Waals surface area (Å²) in [4.78, 5) is 9.21. The van der Waals surface area contributed by atoms with E-state index in [1.165, 1.54) is 13.2 Å². The van der Waals surface area contributed by atoms with Crippen LogP contribution in [0.4, 0.5) is 10.2 Å². The van der Waals surface area contributed by atoms with Crippen molar-refractivity contribution in [2.75, 3.05) is 19.5 Å². The first kappa shape index (κ1) is 13.8. The van der Waals surface area contributed by atoms with E-state index in [9.17, 15) is 4.39 Å². The summed E-state index contributed by atoms with van der Waals surface area (Å²) in [6.45, 7) is 1.94. The number of aromatic nitrogens is 2. The van der Waals surface area contributed by atoms with E-state index in [0.29, 0.717) is 5.92 Å². The quantitative estimate of drug-likeness (QED) is 0.934. The van der Waals surface area contributed by atoms with Crippen LogP contribution in [0.2, 0.25) is 0 Å². The van der Waals surface area contributed by atoms with Crippen LogP contribution in [-0.2, 0) is 0 Å². The molecule has 1 aliphatic rings. The number of anilines is 1. The predicted octanol–water partition coefficient (Wildman–Crippen LogP) is 3.52. The summed E-state index contributed by atoms with van der Waals surface area (Å²) in [5.74, 6) is 1.95. The van der Waals surface area contributed by atoms with Crippen LogP contribution in [0.15, 0.2) is 18.2 Å². The molecule has 1 saturated carbocycles. The lowest BCUT2D eigenvalue weighted by atomic mass is 10.1. The number of hydrogen-bond donors (Lipinski definition) is 1. The van der Waals surface area contributed by atoms with Crippen LogP contribution in [0.3, 0.4) is 0 Å². The Morgan fingerprint density at radius 1 is 1.29 bits per heavy atom. The average Bonchev–Trinajstić information content (AvgIpc) is 3.32. The Bertz CT molecular complexity index is 683. The second-order valence-electron chi connectivity index (χ2n) is 5.28. The van der Waals surface area contributed by atoms with Gasteiger partial charge in [-0.05, 0) is 38.0 Å². The number of nitrogens with zero attached hydrogens (tertiary/aromatic N) is 2. The number of ether oxygens (including phenoxy) is 1. The Hall–Kier alpha value is -2.17. The first-order valence-electron chi connectivity index (χ1n) is 7.04. The van der Waals surface area contributed by atoms with Crippen molar-refractivity contribution in [3.8, 4) is 17.0 Å². The highest BCUT2D eigenvalue weighted by molar-refractivity contribution is 5.69. The molecular weight excluding hydrogens is 269 g/mol. The summed E-state index contributed by atoms with van der Waals surface area (Å²) in [7, 11) is 3.29. The van der Waals surface area contributed by atoms with Crippen LogP contribution in [-0.4, -0.2) is 24.1 Å². The molecule has 0 radical (unpaired) electrons. The molecule has 5 heteroatoms. The molecule has 0 spiro atoms. The van der Waals surface area contributed by atoms with Crippen molar-refractivity contribution in [3.05, 3.63) is 35.4 Å². The first-order valence-corrected chi connectivity index (χ1v) is 7.04. The summed E-state index contributed by atoms with van der Waals surface area (Å²) in [6.07, 6.45) is 2.26. The van der Waals surface area contributed by atoms with Gasteiger partial charge in [0.25, 0.3) is 0 Å². The zero-order chi connectivity index (χ0) is 15.0. The maximum Gasteiger partial charge on any atom is 0.165 e. The third-order valence-electron chi connectivity index (χ3n) is 3.77.